The molecule has 180 valence electrons. The van der Waals surface area contributed by atoms with Gasteiger partial charge in [-0.2, -0.15) is 13.8 Å². The molecule has 0 unspecified atom stereocenters. The van der Waals surface area contributed by atoms with E-state index in [1.54, 1.807) is 10.6 Å². The van der Waals surface area contributed by atoms with Gasteiger partial charge in [-0.25, -0.2) is 4.79 Å². The minimum atomic E-state index is -3.31. The molecule has 2 heterocycles. The highest BCUT2D eigenvalue weighted by atomic mass is 19.3. The molecule has 0 aliphatic heterocycles. The van der Waals surface area contributed by atoms with Crippen LogP contribution in [-0.2, 0) is 20.1 Å². The maximum Gasteiger partial charge on any atom is 0.394 e. The molecule has 0 amide bonds. The fourth-order valence-electron chi connectivity index (χ4n) is 3.31. The lowest BCUT2D eigenvalue weighted by molar-refractivity contribution is -0.159. The van der Waals surface area contributed by atoms with Gasteiger partial charge < -0.3 is 19.3 Å². The molecule has 0 saturated carbocycles. The van der Waals surface area contributed by atoms with Crippen molar-refractivity contribution in [3.05, 3.63) is 45.1 Å². The summed E-state index contributed by atoms with van der Waals surface area (Å²) in [7, 11) is 1.51. The van der Waals surface area contributed by atoms with Gasteiger partial charge in [-0.3, -0.25) is 18.5 Å². The first kappa shape index (κ1) is 24.2. The largest absolute Gasteiger partial charge is 0.490 e. The summed E-state index contributed by atoms with van der Waals surface area (Å²) in [6, 6.07) is 5.99. The quantitative estimate of drug-likeness (QED) is 0.427. The normalized spacial score (nSPS) is 11.7. The molecular formula is C21H26F2N4O6. The fraction of sp³-hybridized carbons (Fsp3) is 0.476. The van der Waals surface area contributed by atoms with Crippen LogP contribution in [0.25, 0.3) is 11.2 Å². The highest BCUT2D eigenvalue weighted by Gasteiger charge is 2.23. The lowest BCUT2D eigenvalue weighted by Crippen LogP contribution is -2.39. The zero-order chi connectivity index (χ0) is 24.2. The van der Waals surface area contributed by atoms with Crippen LogP contribution in [0.15, 0.2) is 33.9 Å². The van der Waals surface area contributed by atoms with Crippen molar-refractivity contribution in [3.63, 3.8) is 0 Å². The standard InChI is InChI=1S/C21H26F2N4O6/c1-4-26-16-17(25(3)20(30)27(18(16)29)9-6-10-28)24-19(26)32-12-11-31-14-7-5-8-15(13-14)33-21(2,22)23/h5,7-8,13,28H,4,6,9-12H2,1-3H3. The Morgan fingerprint density at radius 2 is 1.82 bits per heavy atom. The number of aryl methyl sites for hydroxylation is 2. The van der Waals surface area contributed by atoms with Crippen LogP contribution in [0.1, 0.15) is 20.3 Å². The smallest absolute Gasteiger partial charge is 0.394 e. The van der Waals surface area contributed by atoms with Gasteiger partial charge in [0.1, 0.15) is 24.7 Å². The molecule has 12 heteroatoms. The van der Waals surface area contributed by atoms with E-state index in [4.69, 9.17) is 14.6 Å². The number of fused-ring (bicyclic) bond motifs is 1. The maximum absolute atomic E-state index is 13.0. The maximum atomic E-state index is 13.0. The third-order valence-electron chi connectivity index (χ3n) is 4.74. The number of hydrogen-bond acceptors (Lipinski definition) is 7. The summed E-state index contributed by atoms with van der Waals surface area (Å²) in [4.78, 5) is 29.7. The van der Waals surface area contributed by atoms with Gasteiger partial charge in [-0.15, -0.1) is 0 Å². The van der Waals surface area contributed by atoms with E-state index in [0.29, 0.717) is 19.2 Å². The zero-order valence-electron chi connectivity index (χ0n) is 18.6. The molecule has 0 saturated heterocycles. The van der Waals surface area contributed by atoms with Crippen molar-refractivity contribution in [1.82, 2.24) is 18.7 Å². The summed E-state index contributed by atoms with van der Waals surface area (Å²) in [5.41, 5.74) is -0.630. The predicted molar refractivity (Wildman–Crippen MR) is 115 cm³/mol. The number of halogens is 2. The predicted octanol–water partition coefficient (Wildman–Crippen LogP) is 1.75. The Hall–Kier alpha value is -3.41. The van der Waals surface area contributed by atoms with E-state index in [2.05, 4.69) is 9.72 Å². The van der Waals surface area contributed by atoms with Crippen LogP contribution >= 0.6 is 0 Å². The van der Waals surface area contributed by atoms with Crippen LogP contribution in [-0.4, -0.2) is 49.7 Å². The molecular weight excluding hydrogens is 442 g/mol. The summed E-state index contributed by atoms with van der Waals surface area (Å²) in [6.07, 6.45) is -3.04. The van der Waals surface area contributed by atoms with E-state index < -0.39 is 17.4 Å². The first-order valence-corrected chi connectivity index (χ1v) is 10.4. The minimum Gasteiger partial charge on any atom is -0.490 e. The van der Waals surface area contributed by atoms with E-state index in [-0.39, 0.29) is 55.7 Å². The number of nitrogens with zero attached hydrogens (tertiary/aromatic N) is 4. The van der Waals surface area contributed by atoms with Gasteiger partial charge in [0.2, 0.25) is 0 Å². The zero-order valence-corrected chi connectivity index (χ0v) is 18.6. The van der Waals surface area contributed by atoms with Crippen molar-refractivity contribution in [1.29, 1.82) is 0 Å². The topological polar surface area (TPSA) is 110 Å². The number of ether oxygens (including phenoxy) is 3. The summed E-state index contributed by atoms with van der Waals surface area (Å²) < 4.78 is 45.6. The van der Waals surface area contributed by atoms with Crippen LogP contribution in [0.2, 0.25) is 0 Å². The van der Waals surface area contributed by atoms with E-state index in [1.807, 2.05) is 6.92 Å². The van der Waals surface area contributed by atoms with Gasteiger partial charge >= 0.3 is 11.8 Å². The molecule has 10 nitrogen and oxygen atoms in total. The van der Waals surface area contributed by atoms with E-state index >= 15 is 0 Å². The molecule has 0 aliphatic rings. The van der Waals surface area contributed by atoms with Crippen molar-refractivity contribution < 1.29 is 28.1 Å². The highest BCUT2D eigenvalue weighted by Crippen LogP contribution is 2.25. The summed E-state index contributed by atoms with van der Waals surface area (Å²) in [5.74, 6) is 0.283. The molecule has 1 N–H and O–H groups in total. The Bertz CT molecular complexity index is 1230. The first-order valence-electron chi connectivity index (χ1n) is 10.4. The first-order chi connectivity index (χ1) is 15.7. The molecule has 0 aliphatic carbocycles. The molecule has 1 aromatic carbocycles. The number of hydrogen-bond donors (Lipinski definition) is 1. The van der Waals surface area contributed by atoms with Gasteiger partial charge in [0, 0.05) is 39.7 Å². The van der Waals surface area contributed by atoms with Gasteiger partial charge in [0.15, 0.2) is 11.2 Å². The van der Waals surface area contributed by atoms with E-state index in [1.165, 1.54) is 29.8 Å². The molecule has 0 fully saturated rings. The molecule has 0 radical (unpaired) electrons. The van der Waals surface area contributed by atoms with Crippen molar-refractivity contribution in [2.24, 2.45) is 7.05 Å². The molecule has 2 aromatic heterocycles. The molecule has 33 heavy (non-hydrogen) atoms. The monoisotopic (exact) mass is 468 g/mol. The Morgan fingerprint density at radius 1 is 1.12 bits per heavy atom. The summed E-state index contributed by atoms with van der Waals surface area (Å²) in [6.45, 7) is 2.87. The minimum absolute atomic E-state index is 0.0351. The van der Waals surface area contributed by atoms with Crippen LogP contribution in [0.5, 0.6) is 17.5 Å². The third kappa shape index (κ3) is 5.51. The highest BCUT2D eigenvalue weighted by molar-refractivity contribution is 5.71. The second kappa shape index (κ2) is 10.0. The number of aliphatic hydroxyl groups is 1. The van der Waals surface area contributed by atoms with E-state index in [9.17, 15) is 18.4 Å². The molecule has 0 bridgehead atoms. The third-order valence-corrected chi connectivity index (χ3v) is 4.74. The number of imidazole rings is 1. The lowest BCUT2D eigenvalue weighted by atomic mass is 10.3. The van der Waals surface area contributed by atoms with Gasteiger partial charge in [0.05, 0.1) is 0 Å². The average Bonchev–Trinajstić information content (AvgIpc) is 3.13. The average molecular weight is 468 g/mol. The Morgan fingerprint density at radius 3 is 2.48 bits per heavy atom. The van der Waals surface area contributed by atoms with Crippen molar-refractivity contribution in [2.45, 2.75) is 39.5 Å². The van der Waals surface area contributed by atoms with Crippen LogP contribution in [0.3, 0.4) is 0 Å². The Labute approximate surface area is 187 Å². The van der Waals surface area contributed by atoms with Gasteiger partial charge in [-0.05, 0) is 25.5 Å². The second-order valence-electron chi connectivity index (χ2n) is 7.27. The summed E-state index contributed by atoms with van der Waals surface area (Å²) >= 11 is 0. The second-order valence-corrected chi connectivity index (χ2v) is 7.27. The lowest BCUT2D eigenvalue weighted by Gasteiger charge is -2.14. The number of alkyl halides is 2. The molecule has 0 atom stereocenters. The van der Waals surface area contributed by atoms with Crippen LogP contribution in [0.4, 0.5) is 8.78 Å². The molecule has 0 spiro atoms. The number of benzene rings is 1. The summed E-state index contributed by atoms with van der Waals surface area (Å²) in [5, 5.41) is 9.05. The van der Waals surface area contributed by atoms with Crippen LogP contribution < -0.4 is 25.5 Å². The van der Waals surface area contributed by atoms with Crippen LogP contribution in [0, 0.1) is 0 Å². The van der Waals surface area contributed by atoms with Crippen molar-refractivity contribution in [3.8, 4) is 17.5 Å². The van der Waals surface area contributed by atoms with Gasteiger partial charge in [-0.1, -0.05) is 6.07 Å². The Kier molecular flexibility index (Phi) is 7.36. The fourth-order valence-corrected chi connectivity index (χ4v) is 3.31. The molecule has 3 aromatic rings. The van der Waals surface area contributed by atoms with Gasteiger partial charge in [0.25, 0.3) is 11.6 Å². The number of rotatable bonds is 11. The van der Waals surface area contributed by atoms with E-state index in [0.717, 1.165) is 4.57 Å². The Balaban J connectivity index is 1.76. The SMILES string of the molecule is CCn1c(OCCOc2cccc(OC(C)(F)F)c2)nc2c1c(=O)n(CCCO)c(=O)n2C. The number of aromatic nitrogens is 4. The van der Waals surface area contributed by atoms with Crippen molar-refractivity contribution >= 4 is 11.2 Å². The number of aliphatic hydroxyl groups excluding tert-OH is 1. The molecule has 3 rings (SSSR count). The van der Waals surface area contributed by atoms with Crippen molar-refractivity contribution in [2.75, 3.05) is 19.8 Å².